The van der Waals surface area contributed by atoms with Crippen LogP contribution in [0.5, 0.6) is 0 Å². The highest BCUT2D eigenvalue weighted by molar-refractivity contribution is 5.91. The van der Waals surface area contributed by atoms with Gasteiger partial charge in [0.2, 0.25) is 5.91 Å². The first-order chi connectivity index (χ1) is 9.13. The summed E-state index contributed by atoms with van der Waals surface area (Å²) in [6.07, 6.45) is 0.153. The average Bonchev–Trinajstić information content (AvgIpc) is 2.38. The molecule has 1 aromatic carbocycles. The first-order valence-electron chi connectivity index (χ1n) is 6.14. The van der Waals surface area contributed by atoms with E-state index in [9.17, 15) is 9.18 Å². The zero-order valence-corrected chi connectivity index (χ0v) is 10.9. The Bertz CT molecular complexity index is 413. The minimum absolute atomic E-state index is 0.0827. The van der Waals surface area contributed by atoms with Crippen LogP contribution in [0.15, 0.2) is 18.2 Å². The van der Waals surface area contributed by atoms with Crippen LogP contribution >= 0.6 is 0 Å². The topological polar surface area (TPSA) is 73.6 Å². The van der Waals surface area contributed by atoms with Crippen LogP contribution in [-0.4, -0.2) is 32.3 Å². The summed E-state index contributed by atoms with van der Waals surface area (Å²) in [5, 5.41) is 2.45. The molecule has 0 saturated heterocycles. The number of nitrogens with one attached hydrogen (secondary N) is 1. The van der Waals surface area contributed by atoms with Gasteiger partial charge in [-0.15, -0.1) is 0 Å². The van der Waals surface area contributed by atoms with Gasteiger partial charge in [-0.1, -0.05) is 0 Å². The first-order valence-corrected chi connectivity index (χ1v) is 6.14. The summed E-state index contributed by atoms with van der Waals surface area (Å²) in [6, 6.07) is 4.02. The van der Waals surface area contributed by atoms with E-state index in [1.54, 1.807) is 0 Å². The third kappa shape index (κ3) is 6.17. The summed E-state index contributed by atoms with van der Waals surface area (Å²) >= 11 is 0. The summed E-state index contributed by atoms with van der Waals surface area (Å²) < 4.78 is 23.6. The molecule has 0 unspecified atom stereocenters. The number of ether oxygens (including phenoxy) is 2. The smallest absolute Gasteiger partial charge is 0.226 e. The molecule has 0 aliphatic carbocycles. The standard InChI is InChI=1S/C13H19FN2O3/c1-2-18-7-8-19-6-5-13(17)16-12-9-10(15)3-4-11(12)14/h3-4,9H,2,5-8,15H2,1H3,(H,16,17). The Balaban J connectivity index is 2.25. The van der Waals surface area contributed by atoms with Gasteiger partial charge in [0.05, 0.1) is 31.9 Å². The number of rotatable bonds is 8. The minimum atomic E-state index is -0.514. The SMILES string of the molecule is CCOCCOCCC(=O)Nc1cc(N)ccc1F. The summed E-state index contributed by atoms with van der Waals surface area (Å²) in [7, 11) is 0. The Morgan fingerprint density at radius 1 is 1.32 bits per heavy atom. The molecule has 1 rings (SSSR count). The maximum absolute atomic E-state index is 13.3. The third-order valence-corrected chi connectivity index (χ3v) is 2.31. The Morgan fingerprint density at radius 3 is 2.79 bits per heavy atom. The van der Waals surface area contributed by atoms with Gasteiger partial charge in [-0.3, -0.25) is 4.79 Å². The minimum Gasteiger partial charge on any atom is -0.399 e. The maximum atomic E-state index is 13.3. The molecule has 5 nitrogen and oxygen atoms in total. The summed E-state index contributed by atoms with van der Waals surface area (Å²) in [5.41, 5.74) is 5.99. The molecule has 1 aromatic rings. The maximum Gasteiger partial charge on any atom is 0.226 e. The van der Waals surface area contributed by atoms with E-state index in [2.05, 4.69) is 5.32 Å². The van der Waals surface area contributed by atoms with Crippen molar-refractivity contribution in [3.63, 3.8) is 0 Å². The summed E-state index contributed by atoms with van der Waals surface area (Å²) in [4.78, 5) is 11.5. The van der Waals surface area contributed by atoms with Gasteiger partial charge >= 0.3 is 0 Å². The van der Waals surface area contributed by atoms with Crippen LogP contribution in [0.25, 0.3) is 0 Å². The lowest BCUT2D eigenvalue weighted by Gasteiger charge is -2.08. The predicted molar refractivity (Wildman–Crippen MR) is 71.4 cm³/mol. The van der Waals surface area contributed by atoms with E-state index in [1.165, 1.54) is 18.2 Å². The second-order valence-electron chi connectivity index (χ2n) is 3.85. The summed E-state index contributed by atoms with van der Waals surface area (Å²) in [6.45, 7) is 3.74. The van der Waals surface area contributed by atoms with Crippen molar-refractivity contribution >= 4 is 17.3 Å². The molecule has 0 radical (unpaired) electrons. The van der Waals surface area contributed by atoms with Crippen LogP contribution < -0.4 is 11.1 Å². The molecule has 0 bridgehead atoms. The van der Waals surface area contributed by atoms with E-state index in [0.717, 1.165) is 0 Å². The zero-order chi connectivity index (χ0) is 14.1. The lowest BCUT2D eigenvalue weighted by Crippen LogP contribution is -2.16. The quantitative estimate of drug-likeness (QED) is 0.558. The van der Waals surface area contributed by atoms with Crippen molar-refractivity contribution in [1.29, 1.82) is 0 Å². The molecule has 19 heavy (non-hydrogen) atoms. The van der Waals surface area contributed by atoms with Crippen molar-refractivity contribution in [2.24, 2.45) is 0 Å². The van der Waals surface area contributed by atoms with Gasteiger partial charge in [0.1, 0.15) is 5.82 Å². The van der Waals surface area contributed by atoms with Gasteiger partial charge in [-0.05, 0) is 25.1 Å². The van der Waals surface area contributed by atoms with Crippen LogP contribution in [0.1, 0.15) is 13.3 Å². The normalized spacial score (nSPS) is 10.4. The molecule has 0 fully saturated rings. The van der Waals surface area contributed by atoms with Crippen molar-refractivity contribution in [1.82, 2.24) is 0 Å². The number of hydrogen-bond donors (Lipinski definition) is 2. The fourth-order valence-electron chi connectivity index (χ4n) is 1.38. The van der Waals surface area contributed by atoms with Crippen LogP contribution in [0.4, 0.5) is 15.8 Å². The lowest BCUT2D eigenvalue weighted by molar-refractivity contribution is -0.117. The number of carbonyl (C=O) groups excluding carboxylic acids is 1. The molecule has 106 valence electrons. The van der Waals surface area contributed by atoms with Crippen molar-refractivity contribution < 1.29 is 18.7 Å². The number of nitrogen functional groups attached to an aromatic ring is 1. The molecule has 6 heteroatoms. The van der Waals surface area contributed by atoms with Crippen molar-refractivity contribution in [2.75, 3.05) is 37.5 Å². The number of anilines is 2. The van der Waals surface area contributed by atoms with Crippen LogP contribution in [-0.2, 0) is 14.3 Å². The first kappa shape index (κ1) is 15.4. The Kier molecular flexibility index (Phi) is 6.84. The Hall–Kier alpha value is -1.66. The number of nitrogens with two attached hydrogens (primary N) is 1. The molecular formula is C13H19FN2O3. The Labute approximate surface area is 111 Å². The highest BCUT2D eigenvalue weighted by Gasteiger charge is 2.07. The van der Waals surface area contributed by atoms with E-state index in [1.807, 2.05) is 6.92 Å². The second-order valence-corrected chi connectivity index (χ2v) is 3.85. The zero-order valence-electron chi connectivity index (χ0n) is 10.9. The monoisotopic (exact) mass is 270 g/mol. The average molecular weight is 270 g/mol. The molecule has 0 aliphatic rings. The van der Waals surface area contributed by atoms with Crippen molar-refractivity contribution in [2.45, 2.75) is 13.3 Å². The van der Waals surface area contributed by atoms with E-state index < -0.39 is 5.82 Å². The fraction of sp³-hybridized carbons (Fsp3) is 0.462. The molecule has 0 saturated carbocycles. The van der Waals surface area contributed by atoms with Gasteiger partial charge in [-0.2, -0.15) is 0 Å². The van der Waals surface area contributed by atoms with Gasteiger partial charge in [0.25, 0.3) is 0 Å². The van der Waals surface area contributed by atoms with Gasteiger partial charge in [0.15, 0.2) is 0 Å². The van der Waals surface area contributed by atoms with Gasteiger partial charge in [-0.25, -0.2) is 4.39 Å². The van der Waals surface area contributed by atoms with E-state index in [4.69, 9.17) is 15.2 Å². The number of amides is 1. The van der Waals surface area contributed by atoms with Gasteiger partial charge < -0.3 is 20.5 Å². The molecule has 0 heterocycles. The molecule has 3 N–H and O–H groups in total. The Morgan fingerprint density at radius 2 is 2.05 bits per heavy atom. The molecule has 0 aliphatic heterocycles. The number of halogens is 1. The van der Waals surface area contributed by atoms with Crippen LogP contribution in [0.3, 0.4) is 0 Å². The molecule has 0 aromatic heterocycles. The van der Waals surface area contributed by atoms with Crippen LogP contribution in [0, 0.1) is 5.82 Å². The highest BCUT2D eigenvalue weighted by Crippen LogP contribution is 2.17. The molecule has 0 spiro atoms. The summed E-state index contributed by atoms with van der Waals surface area (Å²) in [5.74, 6) is -0.833. The molecular weight excluding hydrogens is 251 g/mol. The number of carbonyl (C=O) groups is 1. The van der Waals surface area contributed by atoms with E-state index >= 15 is 0 Å². The van der Waals surface area contributed by atoms with E-state index in [0.29, 0.717) is 25.5 Å². The molecule has 0 atom stereocenters. The van der Waals surface area contributed by atoms with Crippen LogP contribution in [0.2, 0.25) is 0 Å². The van der Waals surface area contributed by atoms with Crippen molar-refractivity contribution in [3.05, 3.63) is 24.0 Å². The predicted octanol–water partition coefficient (Wildman–Crippen LogP) is 1.79. The van der Waals surface area contributed by atoms with Gasteiger partial charge in [0, 0.05) is 12.3 Å². The largest absolute Gasteiger partial charge is 0.399 e. The number of benzene rings is 1. The molecule has 1 amide bonds. The lowest BCUT2D eigenvalue weighted by atomic mass is 10.2. The third-order valence-electron chi connectivity index (χ3n) is 2.31. The number of hydrogen-bond acceptors (Lipinski definition) is 4. The van der Waals surface area contributed by atoms with Crippen molar-refractivity contribution in [3.8, 4) is 0 Å². The highest BCUT2D eigenvalue weighted by atomic mass is 19.1. The fourth-order valence-corrected chi connectivity index (χ4v) is 1.38. The van der Waals surface area contributed by atoms with E-state index in [-0.39, 0.29) is 24.6 Å². The second kappa shape index (κ2) is 8.44.